The summed E-state index contributed by atoms with van der Waals surface area (Å²) in [5, 5.41) is 12.9. The Morgan fingerprint density at radius 2 is 1.67 bits per heavy atom. The second-order valence-corrected chi connectivity index (χ2v) is 7.28. The van der Waals surface area contributed by atoms with Crippen LogP contribution in [0.3, 0.4) is 0 Å². The van der Waals surface area contributed by atoms with Gasteiger partial charge in [0.1, 0.15) is 16.5 Å². The Morgan fingerprint density at radius 3 is 2.37 bits per heavy atom. The monoisotopic (exact) mass is 375 g/mol. The molecule has 0 radical (unpaired) electrons. The summed E-state index contributed by atoms with van der Waals surface area (Å²) < 4.78 is 0. The maximum absolute atomic E-state index is 9.67. The van der Waals surface area contributed by atoms with Gasteiger partial charge < -0.3 is 10.0 Å². The summed E-state index contributed by atoms with van der Waals surface area (Å²) in [5.74, 6) is 1.63. The zero-order chi connectivity index (χ0) is 18.6. The molecule has 4 nitrogen and oxygen atoms in total. The molecule has 0 fully saturated rings. The lowest BCUT2D eigenvalue weighted by Gasteiger charge is -2.24. The minimum Gasteiger partial charge on any atom is -0.395 e. The Kier molecular flexibility index (Phi) is 5.14. The largest absolute Gasteiger partial charge is 0.395 e. The van der Waals surface area contributed by atoms with Crippen LogP contribution in [0, 0.1) is 6.92 Å². The standard InChI is InChI=1S/C22H21N3OS/c1-16-23-21(25(12-13-26)14-17-8-4-2-5-9-17)20-19(15-27-22(20)24-16)18-10-6-3-7-11-18/h2-11,15,26H,12-14H2,1H3. The highest BCUT2D eigenvalue weighted by molar-refractivity contribution is 7.17. The van der Waals surface area contributed by atoms with Crippen molar-refractivity contribution < 1.29 is 5.11 Å². The van der Waals surface area contributed by atoms with E-state index in [1.54, 1.807) is 11.3 Å². The van der Waals surface area contributed by atoms with Gasteiger partial charge in [-0.1, -0.05) is 60.7 Å². The highest BCUT2D eigenvalue weighted by atomic mass is 32.1. The number of rotatable bonds is 6. The quantitative estimate of drug-likeness (QED) is 0.532. The van der Waals surface area contributed by atoms with Crippen molar-refractivity contribution in [3.8, 4) is 11.1 Å². The van der Waals surface area contributed by atoms with Gasteiger partial charge in [-0.25, -0.2) is 9.97 Å². The fourth-order valence-corrected chi connectivity index (χ4v) is 4.26. The molecular weight excluding hydrogens is 354 g/mol. The summed E-state index contributed by atoms with van der Waals surface area (Å²) in [6.07, 6.45) is 0. The van der Waals surface area contributed by atoms with Crippen molar-refractivity contribution in [3.05, 3.63) is 77.4 Å². The number of thiophene rings is 1. The summed E-state index contributed by atoms with van der Waals surface area (Å²) in [5.41, 5.74) is 3.48. The number of fused-ring (bicyclic) bond motifs is 1. The van der Waals surface area contributed by atoms with Crippen LogP contribution < -0.4 is 4.90 Å². The third kappa shape index (κ3) is 3.70. The normalized spacial score (nSPS) is 11.0. The highest BCUT2D eigenvalue weighted by Crippen LogP contribution is 2.38. The van der Waals surface area contributed by atoms with Crippen LogP contribution in [0.15, 0.2) is 66.0 Å². The molecule has 0 aliphatic rings. The molecule has 0 amide bonds. The number of anilines is 1. The molecule has 2 aromatic carbocycles. The van der Waals surface area contributed by atoms with E-state index in [0.29, 0.717) is 13.1 Å². The van der Waals surface area contributed by atoms with Crippen molar-refractivity contribution in [1.82, 2.24) is 9.97 Å². The first-order valence-corrected chi connectivity index (χ1v) is 9.85. The average molecular weight is 375 g/mol. The average Bonchev–Trinajstić information content (AvgIpc) is 3.12. The van der Waals surface area contributed by atoms with E-state index in [1.807, 2.05) is 43.3 Å². The first kappa shape index (κ1) is 17.6. The van der Waals surface area contributed by atoms with E-state index in [9.17, 15) is 5.11 Å². The van der Waals surface area contributed by atoms with Gasteiger partial charge in [-0.2, -0.15) is 0 Å². The lowest BCUT2D eigenvalue weighted by Crippen LogP contribution is -2.27. The van der Waals surface area contributed by atoms with Gasteiger partial charge >= 0.3 is 0 Å². The summed E-state index contributed by atoms with van der Waals surface area (Å²) in [7, 11) is 0. The number of hydrogen-bond donors (Lipinski definition) is 1. The summed E-state index contributed by atoms with van der Waals surface area (Å²) in [6, 6.07) is 20.6. The number of hydrogen-bond acceptors (Lipinski definition) is 5. The number of aliphatic hydroxyl groups excluding tert-OH is 1. The van der Waals surface area contributed by atoms with Gasteiger partial charge in [0.2, 0.25) is 0 Å². The third-order valence-corrected chi connectivity index (χ3v) is 5.37. The Balaban J connectivity index is 1.86. The zero-order valence-electron chi connectivity index (χ0n) is 15.2. The van der Waals surface area contributed by atoms with Crippen molar-refractivity contribution in [3.63, 3.8) is 0 Å². The number of aromatic nitrogens is 2. The van der Waals surface area contributed by atoms with Crippen LogP contribution in [-0.2, 0) is 6.54 Å². The second-order valence-electron chi connectivity index (χ2n) is 6.42. The van der Waals surface area contributed by atoms with E-state index in [4.69, 9.17) is 4.98 Å². The van der Waals surface area contributed by atoms with E-state index in [1.165, 1.54) is 5.56 Å². The van der Waals surface area contributed by atoms with Gasteiger partial charge in [0.15, 0.2) is 0 Å². The number of aryl methyl sites for hydroxylation is 1. The van der Waals surface area contributed by atoms with E-state index in [2.05, 4.69) is 39.5 Å². The molecule has 0 bridgehead atoms. The van der Waals surface area contributed by atoms with Crippen molar-refractivity contribution in [1.29, 1.82) is 0 Å². The van der Waals surface area contributed by atoms with Crippen molar-refractivity contribution in [2.24, 2.45) is 0 Å². The molecule has 0 atom stereocenters. The van der Waals surface area contributed by atoms with Gasteiger partial charge in [-0.05, 0) is 18.1 Å². The molecule has 0 saturated carbocycles. The Morgan fingerprint density at radius 1 is 0.963 bits per heavy atom. The topological polar surface area (TPSA) is 49.2 Å². The zero-order valence-corrected chi connectivity index (χ0v) is 16.0. The summed E-state index contributed by atoms with van der Waals surface area (Å²) in [4.78, 5) is 12.6. The molecular formula is C22H21N3OS. The van der Waals surface area contributed by atoms with Gasteiger partial charge in [0, 0.05) is 24.0 Å². The fraction of sp³-hybridized carbons (Fsp3) is 0.182. The van der Waals surface area contributed by atoms with Crippen molar-refractivity contribution in [2.45, 2.75) is 13.5 Å². The second kappa shape index (κ2) is 7.86. The molecule has 27 heavy (non-hydrogen) atoms. The van der Waals surface area contributed by atoms with Crippen molar-refractivity contribution in [2.75, 3.05) is 18.1 Å². The molecule has 0 aliphatic carbocycles. The van der Waals surface area contributed by atoms with E-state index < -0.39 is 0 Å². The van der Waals surface area contributed by atoms with Crippen molar-refractivity contribution >= 4 is 27.4 Å². The first-order valence-electron chi connectivity index (χ1n) is 8.97. The van der Waals surface area contributed by atoms with Crippen LogP contribution in [0.25, 0.3) is 21.3 Å². The lowest BCUT2D eigenvalue weighted by atomic mass is 10.1. The van der Waals surface area contributed by atoms with Crippen LogP contribution in [-0.4, -0.2) is 28.2 Å². The minimum atomic E-state index is 0.0716. The third-order valence-electron chi connectivity index (χ3n) is 4.50. The molecule has 0 spiro atoms. The number of aliphatic hydroxyl groups is 1. The van der Waals surface area contributed by atoms with Crippen LogP contribution in [0.2, 0.25) is 0 Å². The molecule has 2 aromatic heterocycles. The van der Waals surface area contributed by atoms with Gasteiger partial charge in [-0.3, -0.25) is 0 Å². The van der Waals surface area contributed by atoms with E-state index >= 15 is 0 Å². The van der Waals surface area contributed by atoms with Gasteiger partial charge in [-0.15, -0.1) is 11.3 Å². The predicted molar refractivity (Wildman–Crippen MR) is 112 cm³/mol. The Labute approximate surface area is 162 Å². The first-order chi connectivity index (χ1) is 13.3. The van der Waals surface area contributed by atoms with Gasteiger partial charge in [0.05, 0.1) is 12.0 Å². The molecule has 4 rings (SSSR count). The summed E-state index contributed by atoms with van der Waals surface area (Å²) in [6.45, 7) is 3.20. The van der Waals surface area contributed by atoms with Crippen LogP contribution >= 0.6 is 11.3 Å². The summed E-state index contributed by atoms with van der Waals surface area (Å²) >= 11 is 1.64. The number of nitrogens with zero attached hydrogens (tertiary/aromatic N) is 3. The molecule has 0 saturated heterocycles. The molecule has 1 N–H and O–H groups in total. The van der Waals surface area contributed by atoms with Crippen LogP contribution in [0.4, 0.5) is 5.82 Å². The minimum absolute atomic E-state index is 0.0716. The predicted octanol–water partition coefficient (Wildman–Crippen LogP) is 4.67. The van der Waals surface area contributed by atoms with Gasteiger partial charge in [0.25, 0.3) is 0 Å². The molecule has 2 heterocycles. The Hall–Kier alpha value is -2.76. The maximum Gasteiger partial charge on any atom is 0.142 e. The number of benzene rings is 2. The lowest BCUT2D eigenvalue weighted by molar-refractivity contribution is 0.301. The molecule has 5 heteroatoms. The van der Waals surface area contributed by atoms with Crippen LogP contribution in [0.5, 0.6) is 0 Å². The molecule has 0 unspecified atom stereocenters. The fourth-order valence-electron chi connectivity index (χ4n) is 3.27. The molecule has 4 aromatic rings. The maximum atomic E-state index is 9.67. The van der Waals surface area contributed by atoms with E-state index in [0.717, 1.165) is 33.0 Å². The van der Waals surface area contributed by atoms with Crippen LogP contribution in [0.1, 0.15) is 11.4 Å². The Bertz CT molecular complexity index is 1030. The molecule has 136 valence electrons. The SMILES string of the molecule is Cc1nc(N(CCO)Cc2ccccc2)c2c(-c3ccccc3)csc2n1. The molecule has 0 aliphatic heterocycles. The van der Waals surface area contributed by atoms with E-state index in [-0.39, 0.29) is 6.61 Å². The smallest absolute Gasteiger partial charge is 0.142 e. The highest BCUT2D eigenvalue weighted by Gasteiger charge is 2.19.